The molecule has 2 N–H and O–H groups in total. The van der Waals surface area contributed by atoms with Gasteiger partial charge >= 0.3 is 0 Å². The zero-order valence-electron chi connectivity index (χ0n) is 15.7. The van der Waals surface area contributed by atoms with Crippen LogP contribution in [-0.4, -0.2) is 14.9 Å². The summed E-state index contributed by atoms with van der Waals surface area (Å²) in [6.07, 6.45) is 2.99. The summed E-state index contributed by atoms with van der Waals surface area (Å²) in [5.41, 5.74) is 3.51. The molecule has 0 aliphatic rings. The minimum Gasteiger partial charge on any atom is -0.332 e. The van der Waals surface area contributed by atoms with Crippen molar-refractivity contribution in [2.24, 2.45) is 0 Å². The van der Waals surface area contributed by atoms with Crippen molar-refractivity contribution < 1.29 is 0 Å². The Morgan fingerprint density at radius 3 is 2.54 bits per heavy atom. The molecule has 0 fully saturated rings. The summed E-state index contributed by atoms with van der Waals surface area (Å²) in [7, 11) is 0. The molecule has 4 aromatic rings. The second kappa shape index (κ2) is 8.23. The van der Waals surface area contributed by atoms with Crippen LogP contribution in [0, 0.1) is 0 Å². The Balaban J connectivity index is 1.41. The molecule has 1 aromatic heterocycles. The van der Waals surface area contributed by atoms with Crippen LogP contribution in [0.1, 0.15) is 18.1 Å². The minimum absolute atomic E-state index is 0.527. The van der Waals surface area contributed by atoms with E-state index in [1.54, 1.807) is 0 Å². The first-order valence-corrected chi connectivity index (χ1v) is 9.79. The van der Waals surface area contributed by atoms with Gasteiger partial charge in [-0.2, -0.15) is 5.10 Å². The van der Waals surface area contributed by atoms with E-state index in [-0.39, 0.29) is 0 Å². The van der Waals surface area contributed by atoms with Crippen LogP contribution in [0.3, 0.4) is 0 Å². The fourth-order valence-corrected chi connectivity index (χ4v) is 3.45. The maximum absolute atomic E-state index is 5.41. The smallest absolute Gasteiger partial charge is 0.176 e. The van der Waals surface area contributed by atoms with Gasteiger partial charge in [0.2, 0.25) is 0 Å². The van der Waals surface area contributed by atoms with Crippen LogP contribution in [0.2, 0.25) is 0 Å². The maximum atomic E-state index is 5.41. The number of aromatic nitrogens is 2. The molecule has 28 heavy (non-hydrogen) atoms. The van der Waals surface area contributed by atoms with Crippen molar-refractivity contribution in [1.29, 1.82) is 0 Å². The molecule has 140 valence electrons. The van der Waals surface area contributed by atoms with Gasteiger partial charge in [-0.05, 0) is 52.7 Å². The molecule has 0 saturated heterocycles. The molecular formula is C23H22N4S. The van der Waals surface area contributed by atoms with Crippen LogP contribution in [0.5, 0.6) is 0 Å². The van der Waals surface area contributed by atoms with Gasteiger partial charge in [0.25, 0.3) is 0 Å². The Hall–Kier alpha value is -3.18. The number of thiocarbonyl (C=S) groups is 1. The number of nitrogens with zero attached hydrogens (tertiary/aromatic N) is 2. The van der Waals surface area contributed by atoms with E-state index in [0.717, 1.165) is 17.9 Å². The largest absolute Gasteiger partial charge is 0.332 e. The number of hydrogen-bond donors (Lipinski definition) is 2. The van der Waals surface area contributed by atoms with Crippen LogP contribution < -0.4 is 10.6 Å². The number of benzene rings is 3. The molecule has 0 radical (unpaired) electrons. The predicted molar refractivity (Wildman–Crippen MR) is 121 cm³/mol. The molecular weight excluding hydrogens is 364 g/mol. The number of aryl methyl sites for hydroxylation is 1. The number of anilines is 2. The van der Waals surface area contributed by atoms with Crippen molar-refractivity contribution in [2.45, 2.75) is 19.9 Å². The molecule has 1 heterocycles. The first-order valence-electron chi connectivity index (χ1n) is 9.38. The van der Waals surface area contributed by atoms with E-state index in [4.69, 9.17) is 12.2 Å². The molecule has 0 atom stereocenters. The van der Waals surface area contributed by atoms with E-state index in [9.17, 15) is 0 Å². The number of fused-ring (bicyclic) bond motifs is 1. The Morgan fingerprint density at radius 2 is 1.71 bits per heavy atom. The first kappa shape index (κ1) is 18.2. The van der Waals surface area contributed by atoms with Gasteiger partial charge < -0.3 is 10.6 Å². The quantitative estimate of drug-likeness (QED) is 0.447. The highest BCUT2D eigenvalue weighted by Crippen LogP contribution is 2.19. The Kier molecular flexibility index (Phi) is 5.35. The summed E-state index contributed by atoms with van der Waals surface area (Å²) in [6, 6.07) is 25.0. The average Bonchev–Trinajstić information content (AvgIpc) is 3.15. The summed E-state index contributed by atoms with van der Waals surface area (Å²) < 4.78 is 1.92. The highest BCUT2D eigenvalue weighted by molar-refractivity contribution is 7.80. The van der Waals surface area contributed by atoms with Gasteiger partial charge in [0.15, 0.2) is 10.9 Å². The van der Waals surface area contributed by atoms with Gasteiger partial charge in [0, 0.05) is 18.0 Å². The second-order valence-corrected chi connectivity index (χ2v) is 7.07. The molecule has 0 spiro atoms. The summed E-state index contributed by atoms with van der Waals surface area (Å²) >= 11 is 5.41. The highest BCUT2D eigenvalue weighted by Gasteiger charge is 2.05. The van der Waals surface area contributed by atoms with Crippen molar-refractivity contribution in [3.63, 3.8) is 0 Å². The van der Waals surface area contributed by atoms with Crippen molar-refractivity contribution in [2.75, 3.05) is 10.6 Å². The zero-order chi connectivity index (χ0) is 19.3. The normalized spacial score (nSPS) is 10.8. The summed E-state index contributed by atoms with van der Waals surface area (Å²) in [4.78, 5) is 0. The average molecular weight is 387 g/mol. The Bertz CT molecular complexity index is 1090. The van der Waals surface area contributed by atoms with Crippen molar-refractivity contribution >= 4 is 39.6 Å². The minimum atomic E-state index is 0.527. The van der Waals surface area contributed by atoms with Crippen LogP contribution in [0.25, 0.3) is 10.8 Å². The second-order valence-electron chi connectivity index (χ2n) is 6.67. The van der Waals surface area contributed by atoms with E-state index < -0.39 is 0 Å². The highest BCUT2D eigenvalue weighted by atomic mass is 32.1. The molecule has 5 heteroatoms. The lowest BCUT2D eigenvalue weighted by Crippen LogP contribution is -2.19. The predicted octanol–water partition coefficient (Wildman–Crippen LogP) is 5.46. The molecule has 0 saturated carbocycles. The summed E-state index contributed by atoms with van der Waals surface area (Å²) in [5, 5.41) is 14.0. The number of rotatable bonds is 5. The van der Waals surface area contributed by atoms with E-state index in [1.165, 1.54) is 21.9 Å². The number of nitrogens with one attached hydrogen (secondary N) is 2. The van der Waals surface area contributed by atoms with E-state index in [2.05, 4.69) is 77.3 Å². The Morgan fingerprint density at radius 1 is 0.929 bits per heavy atom. The van der Waals surface area contributed by atoms with Crippen molar-refractivity contribution in [3.8, 4) is 0 Å². The van der Waals surface area contributed by atoms with Gasteiger partial charge in [-0.3, -0.25) is 4.68 Å². The summed E-state index contributed by atoms with van der Waals surface area (Å²) in [6.45, 7) is 2.85. The standard InChI is InChI=1S/C23H22N4S/c1-2-17-10-12-20(13-11-17)24-23(28)25-22-14-15-27(26-22)16-19-8-5-7-18-6-3-4-9-21(18)19/h3-15H,2,16H2,1H3,(H2,24,25,26,28). The van der Waals surface area contributed by atoms with E-state index in [1.807, 2.05) is 29.1 Å². The van der Waals surface area contributed by atoms with Crippen LogP contribution in [0.4, 0.5) is 11.5 Å². The topological polar surface area (TPSA) is 41.9 Å². The first-order chi connectivity index (χ1) is 13.7. The molecule has 4 rings (SSSR count). The lowest BCUT2D eigenvalue weighted by Gasteiger charge is -2.09. The van der Waals surface area contributed by atoms with Crippen LogP contribution >= 0.6 is 12.2 Å². The van der Waals surface area contributed by atoms with Crippen LogP contribution in [-0.2, 0) is 13.0 Å². The lowest BCUT2D eigenvalue weighted by atomic mass is 10.0. The zero-order valence-corrected chi connectivity index (χ0v) is 16.5. The fourth-order valence-electron chi connectivity index (χ4n) is 3.22. The van der Waals surface area contributed by atoms with Gasteiger partial charge in [0.05, 0.1) is 6.54 Å². The third-order valence-corrected chi connectivity index (χ3v) is 4.92. The van der Waals surface area contributed by atoms with Crippen molar-refractivity contribution in [3.05, 3.63) is 90.1 Å². The SMILES string of the molecule is CCc1ccc(NC(=S)Nc2ccn(Cc3cccc4ccccc34)n2)cc1. The fraction of sp³-hybridized carbons (Fsp3) is 0.130. The van der Waals surface area contributed by atoms with E-state index >= 15 is 0 Å². The Labute approximate surface area is 170 Å². The molecule has 0 aliphatic heterocycles. The van der Waals surface area contributed by atoms with Gasteiger partial charge in [-0.25, -0.2) is 0 Å². The van der Waals surface area contributed by atoms with Gasteiger partial charge in [0.1, 0.15) is 0 Å². The third kappa shape index (κ3) is 4.21. The lowest BCUT2D eigenvalue weighted by molar-refractivity contribution is 0.693. The molecule has 4 nitrogen and oxygen atoms in total. The van der Waals surface area contributed by atoms with E-state index in [0.29, 0.717) is 11.7 Å². The summed E-state index contributed by atoms with van der Waals surface area (Å²) in [5.74, 6) is 0.725. The van der Waals surface area contributed by atoms with Gasteiger partial charge in [-0.1, -0.05) is 61.5 Å². The molecule has 0 unspecified atom stereocenters. The third-order valence-electron chi connectivity index (χ3n) is 4.71. The molecule has 0 amide bonds. The van der Waals surface area contributed by atoms with Crippen LogP contribution in [0.15, 0.2) is 79.0 Å². The molecule has 0 aliphatic carbocycles. The number of hydrogen-bond acceptors (Lipinski definition) is 2. The van der Waals surface area contributed by atoms with Gasteiger partial charge in [-0.15, -0.1) is 0 Å². The van der Waals surface area contributed by atoms with Crippen molar-refractivity contribution in [1.82, 2.24) is 9.78 Å². The maximum Gasteiger partial charge on any atom is 0.176 e. The molecule has 0 bridgehead atoms. The molecule has 3 aromatic carbocycles. The monoisotopic (exact) mass is 386 g/mol.